The molecule has 1 aromatic rings. The molecule has 2 rings (SSSR count). The summed E-state index contributed by atoms with van der Waals surface area (Å²) in [5.74, 6) is -0.437. The van der Waals surface area contributed by atoms with Crippen LogP contribution in [0.5, 0.6) is 0 Å². The van der Waals surface area contributed by atoms with Crippen LogP contribution in [0, 0.1) is 0 Å². The summed E-state index contributed by atoms with van der Waals surface area (Å²) in [6.45, 7) is 0.212. The molecule has 130 valence electrons. The van der Waals surface area contributed by atoms with Gasteiger partial charge in [0, 0.05) is 19.1 Å². The Bertz CT molecular complexity index is 783. The van der Waals surface area contributed by atoms with E-state index in [1.807, 2.05) is 0 Å². The third-order valence-electron chi connectivity index (χ3n) is 3.35. The first-order valence-corrected chi connectivity index (χ1v) is 10.7. The Labute approximate surface area is 145 Å². The second kappa shape index (κ2) is 7.22. The number of hydrogen-bond donors (Lipinski definition) is 3. The fourth-order valence-corrected chi connectivity index (χ4v) is 5.39. The van der Waals surface area contributed by atoms with E-state index < -0.39 is 32.0 Å². The molecule has 3 N–H and O–H groups in total. The van der Waals surface area contributed by atoms with Gasteiger partial charge in [0.05, 0.1) is 32.6 Å². The third kappa shape index (κ3) is 5.02. The van der Waals surface area contributed by atoms with Crippen molar-refractivity contribution in [1.82, 2.24) is 10.0 Å². The molecule has 1 saturated heterocycles. The highest BCUT2D eigenvalue weighted by molar-refractivity contribution is 7.91. The number of sulfone groups is 1. The van der Waals surface area contributed by atoms with E-state index in [-0.39, 0.29) is 39.5 Å². The minimum Gasteiger partial charge on any atom is -0.390 e. The Morgan fingerprint density at radius 3 is 2.43 bits per heavy atom. The van der Waals surface area contributed by atoms with Gasteiger partial charge >= 0.3 is 0 Å². The van der Waals surface area contributed by atoms with Gasteiger partial charge in [0.1, 0.15) is 0 Å². The molecule has 0 unspecified atom stereocenters. The van der Waals surface area contributed by atoms with Crippen LogP contribution in [0.4, 0.5) is 0 Å². The van der Waals surface area contributed by atoms with E-state index in [1.54, 1.807) is 0 Å². The lowest BCUT2D eigenvalue weighted by Crippen LogP contribution is -2.42. The van der Waals surface area contributed by atoms with Crippen molar-refractivity contribution in [2.24, 2.45) is 0 Å². The van der Waals surface area contributed by atoms with E-state index in [0.29, 0.717) is 0 Å². The Morgan fingerprint density at radius 1 is 1.17 bits per heavy atom. The summed E-state index contributed by atoms with van der Waals surface area (Å²) in [5.41, 5.74) is 0. The summed E-state index contributed by atoms with van der Waals surface area (Å²) >= 11 is 11.5. The predicted octanol–water partition coefficient (Wildman–Crippen LogP) is 0.0192. The van der Waals surface area contributed by atoms with Gasteiger partial charge in [-0.3, -0.25) is 0 Å². The lowest BCUT2D eigenvalue weighted by atomic mass is 10.2. The van der Waals surface area contributed by atoms with E-state index in [2.05, 4.69) is 10.0 Å². The molecule has 0 spiro atoms. The number of hydrogen-bond acceptors (Lipinski definition) is 6. The fraction of sp³-hybridized carbons (Fsp3) is 0.500. The zero-order chi connectivity index (χ0) is 17.3. The van der Waals surface area contributed by atoms with Crippen molar-refractivity contribution in [3.8, 4) is 0 Å². The van der Waals surface area contributed by atoms with Crippen molar-refractivity contribution < 1.29 is 21.9 Å². The number of benzene rings is 1. The normalized spacial score (nSPS) is 24.0. The summed E-state index contributed by atoms with van der Waals surface area (Å²) < 4.78 is 49.2. The SMILES string of the molecule is O=S1(=O)C[C@H](O)[C@H](NCCNS(=O)(=O)c2ccc(Cl)c(Cl)c2)C1. The lowest BCUT2D eigenvalue weighted by molar-refractivity contribution is 0.166. The molecule has 0 amide bonds. The molecule has 0 radical (unpaired) electrons. The number of rotatable bonds is 6. The molecule has 2 atom stereocenters. The van der Waals surface area contributed by atoms with E-state index in [9.17, 15) is 21.9 Å². The lowest BCUT2D eigenvalue weighted by Gasteiger charge is -2.15. The van der Waals surface area contributed by atoms with Gasteiger partial charge in [-0.1, -0.05) is 23.2 Å². The van der Waals surface area contributed by atoms with Gasteiger partial charge in [-0.25, -0.2) is 21.6 Å². The maximum absolute atomic E-state index is 12.1. The second-order valence-electron chi connectivity index (χ2n) is 5.18. The molecule has 7 nitrogen and oxygen atoms in total. The van der Waals surface area contributed by atoms with Gasteiger partial charge in [-0.15, -0.1) is 0 Å². The van der Waals surface area contributed by atoms with Gasteiger partial charge in [0.15, 0.2) is 9.84 Å². The summed E-state index contributed by atoms with van der Waals surface area (Å²) in [5, 5.41) is 12.8. The van der Waals surface area contributed by atoms with Crippen molar-refractivity contribution in [3.05, 3.63) is 28.2 Å². The first kappa shape index (κ1) is 18.9. The molecule has 0 aliphatic carbocycles. The number of aliphatic hydroxyl groups excluding tert-OH is 1. The standard InChI is InChI=1S/C12H16Cl2N2O5S2/c13-9-2-1-8(5-10(9)14)23(20,21)16-4-3-15-11-6-22(18,19)7-12(11)17/h1-2,5,11-12,15-17H,3-4,6-7H2/t11-,12+/m1/s1. The smallest absolute Gasteiger partial charge is 0.240 e. The zero-order valence-electron chi connectivity index (χ0n) is 11.9. The molecule has 1 aliphatic heterocycles. The Morgan fingerprint density at radius 2 is 1.87 bits per heavy atom. The van der Waals surface area contributed by atoms with Gasteiger partial charge in [-0.2, -0.15) is 0 Å². The van der Waals surface area contributed by atoms with Gasteiger partial charge in [0.2, 0.25) is 10.0 Å². The van der Waals surface area contributed by atoms with Crippen molar-refractivity contribution in [3.63, 3.8) is 0 Å². The molecular weight excluding hydrogens is 387 g/mol. The Hall–Kier alpha value is -0.420. The van der Waals surface area contributed by atoms with E-state index in [4.69, 9.17) is 23.2 Å². The average molecular weight is 403 g/mol. The van der Waals surface area contributed by atoms with Crippen molar-refractivity contribution in [2.75, 3.05) is 24.6 Å². The summed E-state index contributed by atoms with van der Waals surface area (Å²) in [6.07, 6.45) is -0.980. The highest BCUT2D eigenvalue weighted by Crippen LogP contribution is 2.24. The van der Waals surface area contributed by atoms with Crippen molar-refractivity contribution >= 4 is 43.1 Å². The monoisotopic (exact) mass is 402 g/mol. The topological polar surface area (TPSA) is 113 Å². The highest BCUT2D eigenvalue weighted by atomic mass is 35.5. The fourth-order valence-electron chi connectivity index (χ4n) is 2.19. The molecule has 0 aromatic heterocycles. The van der Waals surface area contributed by atoms with Gasteiger partial charge in [-0.05, 0) is 18.2 Å². The van der Waals surface area contributed by atoms with Crippen LogP contribution in [-0.4, -0.2) is 58.7 Å². The highest BCUT2D eigenvalue weighted by Gasteiger charge is 2.35. The maximum Gasteiger partial charge on any atom is 0.240 e. The molecule has 11 heteroatoms. The molecule has 0 saturated carbocycles. The van der Waals surface area contributed by atoms with Gasteiger partial charge < -0.3 is 10.4 Å². The molecular formula is C12H16Cl2N2O5S2. The molecule has 0 bridgehead atoms. The largest absolute Gasteiger partial charge is 0.390 e. The first-order valence-electron chi connectivity index (χ1n) is 6.67. The summed E-state index contributed by atoms with van der Waals surface area (Å²) in [7, 11) is -6.99. The number of halogens is 2. The summed E-state index contributed by atoms with van der Waals surface area (Å²) in [4.78, 5) is -0.0182. The number of nitrogens with one attached hydrogen (secondary N) is 2. The second-order valence-corrected chi connectivity index (χ2v) is 9.91. The molecule has 1 aromatic carbocycles. The molecule has 1 aliphatic rings. The van der Waals surface area contributed by atoms with E-state index in [0.717, 1.165) is 0 Å². The predicted molar refractivity (Wildman–Crippen MR) is 88.1 cm³/mol. The van der Waals surface area contributed by atoms with Crippen LogP contribution in [-0.2, 0) is 19.9 Å². The third-order valence-corrected chi connectivity index (χ3v) is 7.26. The minimum absolute atomic E-state index is 0.0182. The Balaban J connectivity index is 1.87. The van der Waals surface area contributed by atoms with Gasteiger partial charge in [0.25, 0.3) is 0 Å². The van der Waals surface area contributed by atoms with Crippen molar-refractivity contribution in [1.29, 1.82) is 0 Å². The number of aliphatic hydroxyl groups is 1. The molecule has 1 heterocycles. The van der Waals surface area contributed by atoms with E-state index in [1.165, 1.54) is 18.2 Å². The van der Waals surface area contributed by atoms with Crippen molar-refractivity contribution in [2.45, 2.75) is 17.0 Å². The zero-order valence-corrected chi connectivity index (χ0v) is 15.0. The van der Waals surface area contributed by atoms with E-state index >= 15 is 0 Å². The average Bonchev–Trinajstić information content (AvgIpc) is 2.70. The Kier molecular flexibility index (Phi) is 5.94. The molecule has 1 fully saturated rings. The summed E-state index contributed by atoms with van der Waals surface area (Å²) in [6, 6.07) is 3.37. The maximum atomic E-state index is 12.1. The van der Waals surface area contributed by atoms with Crippen LogP contribution < -0.4 is 10.0 Å². The van der Waals surface area contributed by atoms with Crippen LogP contribution in [0.1, 0.15) is 0 Å². The quantitative estimate of drug-likeness (QED) is 0.578. The minimum atomic E-state index is -3.75. The van der Waals surface area contributed by atoms with Crippen LogP contribution >= 0.6 is 23.2 Å². The number of sulfonamides is 1. The van der Waals surface area contributed by atoms with Crippen LogP contribution in [0.3, 0.4) is 0 Å². The van der Waals surface area contributed by atoms with Crippen LogP contribution in [0.2, 0.25) is 10.0 Å². The van der Waals surface area contributed by atoms with Crippen LogP contribution in [0.15, 0.2) is 23.1 Å². The first-order chi connectivity index (χ1) is 10.6. The van der Waals surface area contributed by atoms with Crippen LogP contribution in [0.25, 0.3) is 0 Å². The molecule has 23 heavy (non-hydrogen) atoms.